The number of carbonyl (C=O) groups is 3. The highest BCUT2D eigenvalue weighted by atomic mass is 19.3. The topological polar surface area (TPSA) is 95.5 Å². The van der Waals surface area contributed by atoms with E-state index in [-0.39, 0.29) is 5.92 Å². The summed E-state index contributed by atoms with van der Waals surface area (Å²) >= 11 is 0. The number of Topliss-reactive ketones (excluding diaryl/α,β-unsaturated/α-hetero) is 1. The maximum atomic E-state index is 12.3. The van der Waals surface area contributed by atoms with Gasteiger partial charge in [-0.05, 0) is 19.4 Å². The van der Waals surface area contributed by atoms with E-state index in [1.165, 1.54) is 7.05 Å². The predicted octanol–water partition coefficient (Wildman–Crippen LogP) is 0.414. The first kappa shape index (κ1) is 18.4. The molecule has 0 aromatic rings. The summed E-state index contributed by atoms with van der Waals surface area (Å²) in [6.07, 6.45) is -3.47. The van der Waals surface area contributed by atoms with Crippen molar-refractivity contribution in [2.75, 3.05) is 7.05 Å². The summed E-state index contributed by atoms with van der Waals surface area (Å²) in [5.74, 6) is -3.79. The average molecular weight is 294 g/mol. The molecule has 0 radical (unpaired) electrons. The molecule has 0 aliphatic heterocycles. The Morgan fingerprint density at radius 3 is 2.00 bits per heavy atom. The molecule has 0 saturated carbocycles. The van der Waals surface area contributed by atoms with Crippen LogP contribution < -0.4 is 10.6 Å². The lowest BCUT2D eigenvalue weighted by Crippen LogP contribution is -2.51. The monoisotopic (exact) mass is 294 g/mol. The minimum absolute atomic E-state index is 0.168. The molecular formula is C12H20F2N2O4. The molecule has 0 fully saturated rings. The third-order valence-electron chi connectivity index (χ3n) is 2.63. The van der Waals surface area contributed by atoms with E-state index in [0.717, 1.165) is 0 Å². The highest BCUT2D eigenvalue weighted by molar-refractivity contribution is 6.35. The van der Waals surface area contributed by atoms with E-state index in [4.69, 9.17) is 5.11 Å². The number of carbonyl (C=O) groups excluding carboxylic acids is 2. The summed E-state index contributed by atoms with van der Waals surface area (Å²) < 4.78 is 24.7. The van der Waals surface area contributed by atoms with E-state index >= 15 is 0 Å². The lowest BCUT2D eigenvalue weighted by atomic mass is 10.0. The Balaban J connectivity index is 4.82. The quantitative estimate of drug-likeness (QED) is 0.535. The van der Waals surface area contributed by atoms with Crippen LogP contribution in [0.2, 0.25) is 0 Å². The molecule has 0 aromatic carbocycles. The second-order valence-electron chi connectivity index (χ2n) is 4.83. The summed E-state index contributed by atoms with van der Waals surface area (Å²) in [5, 5.41) is 13.3. The van der Waals surface area contributed by atoms with Crippen LogP contribution >= 0.6 is 0 Å². The van der Waals surface area contributed by atoms with Crippen LogP contribution in [0.1, 0.15) is 26.7 Å². The molecule has 0 rings (SSSR count). The molecule has 3 N–H and O–H groups in total. The van der Waals surface area contributed by atoms with Gasteiger partial charge in [0.15, 0.2) is 0 Å². The molecule has 20 heavy (non-hydrogen) atoms. The van der Waals surface area contributed by atoms with Crippen molar-refractivity contribution < 1.29 is 28.3 Å². The van der Waals surface area contributed by atoms with Crippen LogP contribution in [-0.2, 0) is 14.4 Å². The Morgan fingerprint density at radius 1 is 1.10 bits per heavy atom. The first-order valence-electron chi connectivity index (χ1n) is 6.21. The Labute approximate surface area is 115 Å². The Kier molecular flexibility index (Phi) is 7.90. The molecule has 0 aromatic heterocycles. The van der Waals surface area contributed by atoms with Crippen molar-refractivity contribution in [1.82, 2.24) is 10.6 Å². The van der Waals surface area contributed by atoms with Crippen LogP contribution in [0.3, 0.4) is 0 Å². The summed E-state index contributed by atoms with van der Waals surface area (Å²) in [5.41, 5.74) is 0. The fourth-order valence-corrected chi connectivity index (χ4v) is 1.66. The van der Waals surface area contributed by atoms with E-state index in [1.807, 2.05) is 13.8 Å². The van der Waals surface area contributed by atoms with Gasteiger partial charge in [0.1, 0.15) is 6.04 Å². The normalized spacial score (nSPS) is 14.2. The molecule has 0 heterocycles. The maximum Gasteiger partial charge on any atom is 0.374 e. The van der Waals surface area contributed by atoms with Gasteiger partial charge >= 0.3 is 5.97 Å². The molecule has 0 aliphatic rings. The molecule has 1 amide bonds. The zero-order valence-corrected chi connectivity index (χ0v) is 11.7. The molecule has 1 unspecified atom stereocenters. The minimum atomic E-state index is -2.89. The zero-order chi connectivity index (χ0) is 15.9. The molecule has 116 valence electrons. The SMILES string of the molecule is CN[C@@H](CC(C)C)C(=O)NC(CC(F)F)C(=O)C(=O)O. The van der Waals surface area contributed by atoms with Gasteiger partial charge in [0, 0.05) is 6.42 Å². The first-order chi connectivity index (χ1) is 9.18. The van der Waals surface area contributed by atoms with Crippen LogP contribution in [0.25, 0.3) is 0 Å². The molecule has 8 heteroatoms. The second-order valence-corrected chi connectivity index (χ2v) is 4.83. The van der Waals surface area contributed by atoms with Crippen molar-refractivity contribution in [2.45, 2.75) is 45.2 Å². The van der Waals surface area contributed by atoms with E-state index in [9.17, 15) is 23.2 Å². The number of likely N-dealkylation sites (N-methyl/N-ethyl adjacent to an activating group) is 1. The van der Waals surface area contributed by atoms with Gasteiger partial charge in [0.2, 0.25) is 12.3 Å². The van der Waals surface area contributed by atoms with Gasteiger partial charge in [-0.2, -0.15) is 0 Å². The van der Waals surface area contributed by atoms with Gasteiger partial charge in [-0.15, -0.1) is 0 Å². The average Bonchev–Trinajstić information content (AvgIpc) is 2.32. The molecule has 6 nitrogen and oxygen atoms in total. The minimum Gasteiger partial charge on any atom is -0.475 e. The zero-order valence-electron chi connectivity index (χ0n) is 11.7. The Bertz CT molecular complexity index is 361. The third kappa shape index (κ3) is 6.55. The number of nitrogens with one attached hydrogen (secondary N) is 2. The number of alkyl halides is 2. The van der Waals surface area contributed by atoms with Crippen molar-refractivity contribution in [1.29, 1.82) is 0 Å². The molecule has 2 atom stereocenters. The number of ketones is 1. The Hall–Kier alpha value is -1.57. The number of halogens is 2. The lowest BCUT2D eigenvalue weighted by Gasteiger charge is -2.21. The van der Waals surface area contributed by atoms with Crippen LogP contribution in [0.4, 0.5) is 8.78 Å². The summed E-state index contributed by atoms with van der Waals surface area (Å²) in [6, 6.07) is -2.39. The van der Waals surface area contributed by atoms with Gasteiger partial charge in [-0.3, -0.25) is 9.59 Å². The number of aliphatic carboxylic acids is 1. The lowest BCUT2D eigenvalue weighted by molar-refractivity contribution is -0.151. The highest BCUT2D eigenvalue weighted by Crippen LogP contribution is 2.08. The largest absolute Gasteiger partial charge is 0.475 e. The number of amides is 1. The van der Waals surface area contributed by atoms with E-state index in [0.29, 0.717) is 6.42 Å². The molecule has 0 aliphatic carbocycles. The third-order valence-corrected chi connectivity index (χ3v) is 2.63. The molecule has 0 bridgehead atoms. The fraction of sp³-hybridized carbons (Fsp3) is 0.750. The van der Waals surface area contributed by atoms with Crippen molar-refractivity contribution in [3.8, 4) is 0 Å². The second kappa shape index (κ2) is 8.57. The van der Waals surface area contributed by atoms with E-state index in [2.05, 4.69) is 10.6 Å². The fourth-order valence-electron chi connectivity index (χ4n) is 1.66. The van der Waals surface area contributed by atoms with Gasteiger partial charge in [0.05, 0.1) is 6.04 Å². The Morgan fingerprint density at radius 2 is 1.65 bits per heavy atom. The predicted molar refractivity (Wildman–Crippen MR) is 67.5 cm³/mol. The van der Waals surface area contributed by atoms with Crippen LogP contribution in [0.15, 0.2) is 0 Å². The van der Waals surface area contributed by atoms with Crippen molar-refractivity contribution >= 4 is 17.7 Å². The van der Waals surface area contributed by atoms with Crippen LogP contribution in [0.5, 0.6) is 0 Å². The van der Waals surface area contributed by atoms with Crippen molar-refractivity contribution in [3.05, 3.63) is 0 Å². The summed E-state index contributed by atoms with van der Waals surface area (Å²) in [6.45, 7) is 3.74. The number of hydrogen-bond acceptors (Lipinski definition) is 4. The summed E-state index contributed by atoms with van der Waals surface area (Å²) in [4.78, 5) is 33.7. The van der Waals surface area contributed by atoms with Gasteiger partial charge in [-0.25, -0.2) is 13.6 Å². The van der Waals surface area contributed by atoms with Crippen molar-refractivity contribution in [2.24, 2.45) is 5.92 Å². The highest BCUT2D eigenvalue weighted by Gasteiger charge is 2.31. The van der Waals surface area contributed by atoms with E-state index < -0.39 is 42.6 Å². The number of carboxylic acids is 1. The number of carboxylic acid groups (broad SMARTS) is 1. The molecular weight excluding hydrogens is 274 g/mol. The summed E-state index contributed by atoms with van der Waals surface area (Å²) in [7, 11) is 1.52. The van der Waals surface area contributed by atoms with E-state index in [1.54, 1.807) is 0 Å². The van der Waals surface area contributed by atoms with Gasteiger partial charge in [-0.1, -0.05) is 13.8 Å². The van der Waals surface area contributed by atoms with Gasteiger partial charge in [0.25, 0.3) is 5.78 Å². The van der Waals surface area contributed by atoms with Gasteiger partial charge < -0.3 is 15.7 Å². The van der Waals surface area contributed by atoms with Crippen LogP contribution in [0, 0.1) is 5.92 Å². The van der Waals surface area contributed by atoms with Crippen LogP contribution in [-0.4, -0.2) is 48.3 Å². The molecule has 0 spiro atoms. The maximum absolute atomic E-state index is 12.3. The molecule has 0 saturated heterocycles. The number of hydrogen-bond donors (Lipinski definition) is 3. The smallest absolute Gasteiger partial charge is 0.374 e. The van der Waals surface area contributed by atoms with Crippen molar-refractivity contribution in [3.63, 3.8) is 0 Å². The standard InChI is InChI=1S/C12H20F2N2O4/c1-6(2)4-8(15-3)11(18)16-7(5-9(13)14)10(17)12(19)20/h6-9,15H,4-5H2,1-3H3,(H,16,18)(H,19,20)/t7?,8-/m0/s1. The first-order valence-corrected chi connectivity index (χ1v) is 6.21. The number of rotatable bonds is 9.